The van der Waals surface area contributed by atoms with Crippen molar-refractivity contribution >= 4 is 23.6 Å². The summed E-state index contributed by atoms with van der Waals surface area (Å²) in [6, 6.07) is 5.43. The second-order valence-electron chi connectivity index (χ2n) is 7.39. The van der Waals surface area contributed by atoms with E-state index in [4.69, 9.17) is 16.3 Å². The molecular formula is C19H27ClN3O3-. The zero-order valence-corrected chi connectivity index (χ0v) is 16.4. The Labute approximate surface area is 160 Å². The molecule has 7 heteroatoms. The van der Waals surface area contributed by atoms with Gasteiger partial charge in [0, 0.05) is 23.7 Å². The molecule has 6 nitrogen and oxygen atoms in total. The molecule has 0 spiro atoms. The monoisotopic (exact) mass is 380 g/mol. The zero-order chi connectivity index (χ0) is 19.2. The Kier molecular flexibility index (Phi) is 7.29. The quantitative estimate of drug-likeness (QED) is 0.582. The second kappa shape index (κ2) is 9.24. The van der Waals surface area contributed by atoms with Crippen LogP contribution in [-0.2, 0) is 22.5 Å². The number of carbonyl (C=O) groups excluding carboxylic acids is 1. The highest BCUT2D eigenvalue weighted by atomic mass is 35.5. The van der Waals surface area contributed by atoms with Crippen molar-refractivity contribution in [2.24, 2.45) is 4.99 Å². The molecule has 1 heterocycles. The minimum Gasteiger partial charge on any atom is -0.595 e. The predicted molar refractivity (Wildman–Crippen MR) is 101 cm³/mol. The van der Waals surface area contributed by atoms with Crippen LogP contribution in [0.3, 0.4) is 0 Å². The summed E-state index contributed by atoms with van der Waals surface area (Å²) in [4.78, 5) is 16.1. The van der Waals surface area contributed by atoms with Gasteiger partial charge < -0.3 is 20.5 Å². The van der Waals surface area contributed by atoms with Gasteiger partial charge in [0.25, 0.3) is 0 Å². The summed E-state index contributed by atoms with van der Waals surface area (Å²) in [6.07, 6.45) is 1.90. The molecule has 0 aliphatic carbocycles. The Morgan fingerprint density at radius 3 is 2.85 bits per heavy atom. The van der Waals surface area contributed by atoms with Gasteiger partial charge in [0.2, 0.25) is 5.91 Å². The van der Waals surface area contributed by atoms with Gasteiger partial charge in [-0.1, -0.05) is 38.4 Å². The van der Waals surface area contributed by atoms with E-state index < -0.39 is 11.7 Å². The first-order chi connectivity index (χ1) is 12.2. The number of hydrogen-bond donors (Lipinski definition) is 2. The Morgan fingerprint density at radius 2 is 2.19 bits per heavy atom. The highest BCUT2D eigenvalue weighted by Crippen LogP contribution is 2.17. The number of hydrogen-bond acceptors (Lipinski definition) is 5. The van der Waals surface area contributed by atoms with E-state index in [9.17, 15) is 9.90 Å². The van der Waals surface area contributed by atoms with Crippen molar-refractivity contribution in [1.29, 1.82) is 0 Å². The number of carbonyl (C=O) groups is 1. The summed E-state index contributed by atoms with van der Waals surface area (Å²) in [6.45, 7) is 7.02. The molecule has 1 fully saturated rings. The molecule has 0 aromatic heterocycles. The van der Waals surface area contributed by atoms with Crippen LogP contribution in [0.1, 0.15) is 44.7 Å². The fraction of sp³-hybridized carbons (Fsp3) is 0.579. The Bertz CT molecular complexity index is 650. The number of aliphatic imine (C=N–C) groups is 1. The average Bonchev–Trinajstić information content (AvgIpc) is 3.07. The largest absolute Gasteiger partial charge is 0.595 e. The van der Waals surface area contributed by atoms with Crippen LogP contribution >= 0.6 is 11.6 Å². The maximum absolute atomic E-state index is 12.2. The Balaban J connectivity index is 1.94. The van der Waals surface area contributed by atoms with Crippen LogP contribution in [0.2, 0.25) is 5.02 Å². The highest BCUT2D eigenvalue weighted by molar-refractivity contribution is 6.30. The van der Waals surface area contributed by atoms with E-state index in [0.717, 1.165) is 30.5 Å². The summed E-state index contributed by atoms with van der Waals surface area (Å²) < 4.78 is 5.17. The van der Waals surface area contributed by atoms with Crippen LogP contribution in [0, 0.1) is 0 Å². The molecule has 144 valence electrons. The van der Waals surface area contributed by atoms with Gasteiger partial charge >= 0.3 is 0 Å². The lowest BCUT2D eigenvalue weighted by atomic mass is 10.0. The standard InChI is InChI=1S/C19H28ClN3O3/c1-19(2,3)26-18(25)22-10-8-13-6-7-15(20)11-14(13)12-23-17(24)16-5-4-9-21-16/h6-7,11,16,21H,4-5,8-10,12H2,1-3H3,(H,22,25)(H,23,24)/p-1/t16-/m0/s1. The zero-order valence-electron chi connectivity index (χ0n) is 15.6. The van der Waals surface area contributed by atoms with Gasteiger partial charge in [-0.3, -0.25) is 9.79 Å². The lowest BCUT2D eigenvalue weighted by Crippen LogP contribution is -2.40. The molecule has 1 aliphatic rings. The van der Waals surface area contributed by atoms with Crippen molar-refractivity contribution in [3.8, 4) is 0 Å². The highest BCUT2D eigenvalue weighted by Gasteiger charge is 2.21. The molecule has 0 unspecified atom stereocenters. The van der Waals surface area contributed by atoms with E-state index in [1.165, 1.54) is 0 Å². The van der Waals surface area contributed by atoms with Crippen molar-refractivity contribution in [2.75, 3.05) is 13.1 Å². The average molecular weight is 381 g/mol. The Morgan fingerprint density at radius 1 is 1.42 bits per heavy atom. The van der Waals surface area contributed by atoms with E-state index in [0.29, 0.717) is 24.5 Å². The first kappa shape index (κ1) is 20.5. The number of nitrogens with one attached hydrogen (secondary N) is 2. The van der Waals surface area contributed by atoms with E-state index >= 15 is 0 Å². The second-order valence-corrected chi connectivity index (χ2v) is 7.83. The third-order valence-corrected chi connectivity index (χ3v) is 4.25. The molecule has 1 aromatic rings. The van der Waals surface area contributed by atoms with Gasteiger partial charge in [-0.15, -0.1) is 0 Å². The van der Waals surface area contributed by atoms with E-state index in [1.54, 1.807) is 26.8 Å². The fourth-order valence-corrected chi connectivity index (χ4v) is 2.97. The molecule has 2 N–H and O–H groups in total. The van der Waals surface area contributed by atoms with Crippen molar-refractivity contribution in [1.82, 2.24) is 10.6 Å². The molecule has 1 aliphatic heterocycles. The normalized spacial score (nSPS) is 18.0. The lowest BCUT2D eigenvalue weighted by molar-refractivity contribution is -0.260. The van der Waals surface area contributed by atoms with Crippen molar-refractivity contribution in [3.05, 3.63) is 34.3 Å². The summed E-state index contributed by atoms with van der Waals surface area (Å²) >= 11 is 6.09. The van der Waals surface area contributed by atoms with Crippen LogP contribution in [0.5, 0.6) is 0 Å². The minimum absolute atomic E-state index is 0.00636. The van der Waals surface area contributed by atoms with Gasteiger partial charge in [-0.2, -0.15) is 0 Å². The number of benzene rings is 1. The molecule has 26 heavy (non-hydrogen) atoms. The van der Waals surface area contributed by atoms with E-state index in [1.807, 2.05) is 12.1 Å². The van der Waals surface area contributed by atoms with Gasteiger partial charge in [0.1, 0.15) is 6.08 Å². The minimum atomic E-state index is -0.561. The van der Waals surface area contributed by atoms with Gasteiger partial charge in [-0.25, -0.2) is 0 Å². The molecule has 0 bridgehead atoms. The molecular weight excluding hydrogens is 354 g/mol. The van der Waals surface area contributed by atoms with E-state index in [-0.39, 0.29) is 11.9 Å². The summed E-state index contributed by atoms with van der Waals surface area (Å²) in [5.41, 5.74) is 1.38. The third-order valence-electron chi connectivity index (χ3n) is 4.01. The van der Waals surface area contributed by atoms with Crippen LogP contribution in [0.4, 0.5) is 0 Å². The smallest absolute Gasteiger partial charge is 0.237 e. The van der Waals surface area contributed by atoms with Crippen molar-refractivity contribution in [3.63, 3.8) is 0 Å². The number of ether oxygens (including phenoxy) is 1. The summed E-state index contributed by atoms with van der Waals surface area (Å²) in [5.74, 6) is 0.00636. The number of halogens is 1. The van der Waals surface area contributed by atoms with Gasteiger partial charge in [0.15, 0.2) is 0 Å². The number of nitrogens with zero attached hydrogens (tertiary/aromatic N) is 1. The summed E-state index contributed by atoms with van der Waals surface area (Å²) in [7, 11) is 0. The molecule has 1 aromatic carbocycles. The number of amides is 1. The van der Waals surface area contributed by atoms with Gasteiger partial charge in [-0.05, 0) is 49.1 Å². The van der Waals surface area contributed by atoms with Gasteiger partial charge in [0.05, 0.1) is 6.04 Å². The first-order valence-electron chi connectivity index (χ1n) is 8.93. The van der Waals surface area contributed by atoms with Crippen LogP contribution < -0.4 is 15.7 Å². The summed E-state index contributed by atoms with van der Waals surface area (Å²) in [5, 5.41) is 18.4. The van der Waals surface area contributed by atoms with E-state index in [2.05, 4.69) is 15.6 Å². The predicted octanol–water partition coefficient (Wildman–Crippen LogP) is 1.78. The van der Waals surface area contributed by atoms with Crippen LogP contribution in [0.15, 0.2) is 23.2 Å². The topological polar surface area (TPSA) is 85.8 Å². The van der Waals surface area contributed by atoms with Crippen LogP contribution in [0.25, 0.3) is 0 Å². The molecule has 1 saturated heterocycles. The molecule has 0 radical (unpaired) electrons. The number of rotatable bonds is 6. The Hall–Kier alpha value is -1.79. The third kappa shape index (κ3) is 6.84. The maximum atomic E-state index is 12.2. The molecule has 1 amide bonds. The first-order valence-corrected chi connectivity index (χ1v) is 9.31. The molecule has 1 atom stereocenters. The van der Waals surface area contributed by atoms with Crippen LogP contribution in [-0.4, -0.2) is 36.7 Å². The van der Waals surface area contributed by atoms with Crippen molar-refractivity contribution < 1.29 is 14.6 Å². The lowest BCUT2D eigenvalue weighted by Gasteiger charge is -2.29. The fourth-order valence-electron chi connectivity index (χ4n) is 2.78. The van der Waals surface area contributed by atoms with Crippen molar-refractivity contribution in [2.45, 2.75) is 58.2 Å². The molecule has 2 rings (SSSR count). The molecule has 0 saturated carbocycles. The maximum Gasteiger partial charge on any atom is 0.237 e. The SMILES string of the molecule is CC(C)(C)OC([O-])=NCCc1ccc(Cl)cc1CNC(=O)[C@@H]1CCCN1.